The van der Waals surface area contributed by atoms with Crippen molar-refractivity contribution in [1.82, 2.24) is 4.90 Å². The van der Waals surface area contributed by atoms with Crippen molar-refractivity contribution in [2.75, 3.05) is 19.7 Å². The number of nitrogens with zero attached hydrogens (tertiary/aromatic N) is 1. The van der Waals surface area contributed by atoms with E-state index in [2.05, 4.69) is 25.7 Å². The fraction of sp³-hybridized carbons (Fsp3) is 0.333. The number of ether oxygens (including phenoxy) is 2. The summed E-state index contributed by atoms with van der Waals surface area (Å²) in [6.45, 7) is 9.58. The number of rotatable bonds is 6. The lowest BCUT2D eigenvalue weighted by molar-refractivity contribution is 0.169. The van der Waals surface area contributed by atoms with Gasteiger partial charge in [-0.05, 0) is 86.0 Å². The van der Waals surface area contributed by atoms with E-state index in [0.717, 1.165) is 58.5 Å². The Kier molecular flexibility index (Phi) is 6.44. The second-order valence-corrected chi connectivity index (χ2v) is 9.91. The fourth-order valence-corrected chi connectivity index (χ4v) is 5.15. The van der Waals surface area contributed by atoms with Gasteiger partial charge in [0.15, 0.2) is 0 Å². The second kappa shape index (κ2) is 9.67. The molecule has 2 aliphatic rings. The number of allylic oxidation sites excluding steroid dienone is 1. The molecule has 3 atom stereocenters. The van der Waals surface area contributed by atoms with Crippen molar-refractivity contribution in [1.29, 1.82) is 0 Å². The third-order valence-corrected chi connectivity index (χ3v) is 7.19. The molecule has 1 fully saturated rings. The summed E-state index contributed by atoms with van der Waals surface area (Å²) in [5.41, 5.74) is 3.69. The lowest BCUT2D eigenvalue weighted by atomic mass is 9.83. The van der Waals surface area contributed by atoms with Crippen LogP contribution in [0, 0.1) is 5.92 Å². The van der Waals surface area contributed by atoms with Crippen molar-refractivity contribution in [2.45, 2.75) is 39.2 Å². The van der Waals surface area contributed by atoms with Gasteiger partial charge in [-0.3, -0.25) is 4.90 Å². The first-order valence-electron chi connectivity index (χ1n) is 12.4. The molecule has 0 amide bonds. The number of benzene rings is 3. The van der Waals surface area contributed by atoms with Gasteiger partial charge in [-0.2, -0.15) is 0 Å². The van der Waals surface area contributed by atoms with Gasteiger partial charge in [-0.15, -0.1) is 0 Å². The molecule has 0 radical (unpaired) electrons. The molecule has 2 heterocycles. The van der Waals surface area contributed by atoms with Gasteiger partial charge in [-0.25, -0.2) is 0 Å². The number of phenolic OH excluding ortho intramolecular Hbond substituents is 2. The Morgan fingerprint density at radius 1 is 0.971 bits per heavy atom. The molecule has 1 unspecified atom stereocenters. The third-order valence-electron chi connectivity index (χ3n) is 7.19. The summed E-state index contributed by atoms with van der Waals surface area (Å²) in [6.07, 6.45) is 1.26. The minimum atomic E-state index is -0.0396. The second-order valence-electron chi connectivity index (χ2n) is 9.91. The summed E-state index contributed by atoms with van der Waals surface area (Å²) in [4.78, 5) is 2.50. The summed E-state index contributed by atoms with van der Waals surface area (Å²) < 4.78 is 12.5. The molecule has 0 saturated carbocycles. The third kappa shape index (κ3) is 4.87. The number of likely N-dealkylation sites (tertiary alicyclic amines) is 1. The molecule has 2 N–H and O–H groups in total. The van der Waals surface area contributed by atoms with Crippen molar-refractivity contribution >= 4 is 11.3 Å². The van der Waals surface area contributed by atoms with Gasteiger partial charge in [0.1, 0.15) is 35.4 Å². The molecule has 1 saturated heterocycles. The number of phenols is 2. The molecule has 0 aromatic heterocycles. The van der Waals surface area contributed by atoms with Crippen LogP contribution in [0.1, 0.15) is 49.8 Å². The van der Waals surface area contributed by atoms with E-state index in [1.54, 1.807) is 30.3 Å². The van der Waals surface area contributed by atoms with E-state index in [0.29, 0.717) is 12.6 Å². The SMILES string of the molecule is CC1C(c2cccc(O)c2)=C(c2ccc(OC[C@@H](C)N3CC[C@H](C)C3)cc2)Oc2ccc(O)cc21. The number of aromatic hydroxyl groups is 2. The van der Waals surface area contributed by atoms with E-state index < -0.39 is 0 Å². The van der Waals surface area contributed by atoms with Gasteiger partial charge >= 0.3 is 0 Å². The van der Waals surface area contributed by atoms with Crippen LogP contribution in [0.2, 0.25) is 0 Å². The Balaban J connectivity index is 1.43. The van der Waals surface area contributed by atoms with E-state index >= 15 is 0 Å². The summed E-state index contributed by atoms with van der Waals surface area (Å²) in [7, 11) is 0. The number of hydrogen-bond acceptors (Lipinski definition) is 5. The largest absolute Gasteiger partial charge is 0.508 e. The van der Waals surface area contributed by atoms with Crippen LogP contribution < -0.4 is 9.47 Å². The minimum Gasteiger partial charge on any atom is -0.508 e. The number of fused-ring (bicyclic) bond motifs is 1. The van der Waals surface area contributed by atoms with E-state index in [-0.39, 0.29) is 17.4 Å². The fourth-order valence-electron chi connectivity index (χ4n) is 5.15. The molecule has 0 spiro atoms. The van der Waals surface area contributed by atoms with Crippen molar-refractivity contribution < 1.29 is 19.7 Å². The van der Waals surface area contributed by atoms with Gasteiger partial charge in [0.25, 0.3) is 0 Å². The van der Waals surface area contributed by atoms with Gasteiger partial charge in [-0.1, -0.05) is 26.0 Å². The van der Waals surface area contributed by atoms with E-state index in [4.69, 9.17) is 9.47 Å². The Morgan fingerprint density at radius 2 is 1.74 bits per heavy atom. The minimum absolute atomic E-state index is 0.0396. The highest BCUT2D eigenvalue weighted by Crippen LogP contribution is 2.47. The van der Waals surface area contributed by atoms with Gasteiger partial charge in [0.05, 0.1) is 0 Å². The molecule has 5 heteroatoms. The summed E-state index contributed by atoms with van der Waals surface area (Å²) >= 11 is 0. The van der Waals surface area contributed by atoms with Crippen LogP contribution in [0.25, 0.3) is 11.3 Å². The smallest absolute Gasteiger partial charge is 0.139 e. The van der Waals surface area contributed by atoms with Crippen molar-refractivity contribution in [3.8, 4) is 23.0 Å². The van der Waals surface area contributed by atoms with E-state index in [1.165, 1.54) is 6.42 Å². The Hall–Kier alpha value is -3.44. The van der Waals surface area contributed by atoms with Crippen molar-refractivity contribution in [2.24, 2.45) is 5.92 Å². The first kappa shape index (κ1) is 23.3. The average molecular weight is 472 g/mol. The van der Waals surface area contributed by atoms with Gasteiger partial charge in [0.2, 0.25) is 0 Å². The van der Waals surface area contributed by atoms with Crippen LogP contribution in [-0.4, -0.2) is 40.9 Å². The van der Waals surface area contributed by atoms with Crippen LogP contribution in [0.15, 0.2) is 66.7 Å². The molecular formula is C30H33NO4. The van der Waals surface area contributed by atoms with E-state index in [1.807, 2.05) is 36.4 Å². The quantitative estimate of drug-likeness (QED) is 0.444. The van der Waals surface area contributed by atoms with Crippen LogP contribution in [0.3, 0.4) is 0 Å². The normalized spacial score (nSPS) is 20.9. The molecule has 0 aliphatic carbocycles. The zero-order valence-corrected chi connectivity index (χ0v) is 20.6. The molecule has 35 heavy (non-hydrogen) atoms. The lowest BCUT2D eigenvalue weighted by Gasteiger charge is -2.29. The lowest BCUT2D eigenvalue weighted by Crippen LogP contribution is -2.35. The first-order valence-corrected chi connectivity index (χ1v) is 12.4. The highest BCUT2D eigenvalue weighted by Gasteiger charge is 2.29. The topological polar surface area (TPSA) is 62.2 Å². The Morgan fingerprint density at radius 3 is 2.46 bits per heavy atom. The van der Waals surface area contributed by atoms with Crippen LogP contribution >= 0.6 is 0 Å². The first-order chi connectivity index (χ1) is 16.9. The van der Waals surface area contributed by atoms with Crippen LogP contribution in [0.4, 0.5) is 0 Å². The monoisotopic (exact) mass is 471 g/mol. The predicted molar refractivity (Wildman–Crippen MR) is 139 cm³/mol. The van der Waals surface area contributed by atoms with Crippen molar-refractivity contribution in [3.63, 3.8) is 0 Å². The summed E-state index contributed by atoms with van der Waals surface area (Å²) in [6, 6.07) is 20.8. The summed E-state index contributed by atoms with van der Waals surface area (Å²) in [5.74, 6) is 3.43. The molecule has 0 bridgehead atoms. The maximum atomic E-state index is 10.1. The zero-order chi connectivity index (χ0) is 24.5. The maximum Gasteiger partial charge on any atom is 0.139 e. The Labute approximate surface area is 207 Å². The molecule has 5 rings (SSSR count). The molecular weight excluding hydrogens is 438 g/mol. The highest BCUT2D eigenvalue weighted by molar-refractivity contribution is 5.93. The average Bonchev–Trinajstić information content (AvgIpc) is 3.29. The maximum absolute atomic E-state index is 10.1. The van der Waals surface area contributed by atoms with E-state index in [9.17, 15) is 10.2 Å². The zero-order valence-electron chi connectivity index (χ0n) is 20.6. The Bertz CT molecular complexity index is 1230. The highest BCUT2D eigenvalue weighted by atomic mass is 16.5. The molecule has 5 nitrogen and oxygen atoms in total. The van der Waals surface area contributed by atoms with Crippen LogP contribution in [0.5, 0.6) is 23.0 Å². The standard InChI is InChI=1S/C30H33NO4/c1-19-13-14-31(17-19)20(2)18-34-26-10-7-22(8-11-26)30-29(23-5-4-6-24(32)15-23)21(3)27-16-25(33)9-12-28(27)35-30/h4-12,15-16,19-21,32-33H,13-14,17-18H2,1-3H3/t19-,20+,21?/m0/s1. The predicted octanol–water partition coefficient (Wildman–Crippen LogP) is 6.27. The number of hydrogen-bond donors (Lipinski definition) is 2. The van der Waals surface area contributed by atoms with Crippen LogP contribution in [-0.2, 0) is 0 Å². The molecule has 3 aromatic carbocycles. The van der Waals surface area contributed by atoms with Gasteiger partial charge < -0.3 is 19.7 Å². The van der Waals surface area contributed by atoms with Gasteiger partial charge in [0, 0.05) is 35.2 Å². The molecule has 182 valence electrons. The summed E-state index contributed by atoms with van der Waals surface area (Å²) in [5, 5.41) is 20.2. The van der Waals surface area contributed by atoms with Crippen molar-refractivity contribution in [3.05, 3.63) is 83.4 Å². The molecule has 2 aliphatic heterocycles. The molecule has 3 aromatic rings.